The predicted molar refractivity (Wildman–Crippen MR) is 74.4 cm³/mol. The number of hydrogen-bond acceptors (Lipinski definition) is 3. The average molecular weight is 287 g/mol. The van der Waals surface area contributed by atoms with Crippen LogP contribution in [0, 0.1) is 0 Å². The maximum Gasteiger partial charge on any atom is 0.318 e. The zero-order chi connectivity index (χ0) is 14.5. The van der Waals surface area contributed by atoms with E-state index in [4.69, 9.17) is 21.4 Å². The lowest BCUT2D eigenvalue weighted by molar-refractivity contribution is 0.157. The Kier molecular flexibility index (Phi) is 5.44. The number of rotatable bonds is 5. The van der Waals surface area contributed by atoms with Gasteiger partial charge in [0.25, 0.3) is 0 Å². The smallest absolute Gasteiger partial charge is 0.318 e. The van der Waals surface area contributed by atoms with Gasteiger partial charge in [-0.15, -0.1) is 0 Å². The summed E-state index contributed by atoms with van der Waals surface area (Å²) in [5.74, 6) is 0.610. The third-order valence-electron chi connectivity index (χ3n) is 2.31. The first-order valence-corrected chi connectivity index (χ1v) is 6.32. The summed E-state index contributed by atoms with van der Waals surface area (Å²) in [7, 11) is 0. The molecule has 0 saturated carbocycles. The van der Waals surface area contributed by atoms with Crippen LogP contribution in [0.2, 0.25) is 5.02 Å². The number of carbonyl (C=O) groups is 1. The van der Waals surface area contributed by atoms with Gasteiger partial charge in [-0.1, -0.05) is 11.6 Å². The molecule has 1 rings (SSSR count). The van der Waals surface area contributed by atoms with Crippen LogP contribution in [0.5, 0.6) is 5.75 Å². The monoisotopic (exact) mass is 286 g/mol. The maximum atomic E-state index is 11.6. The minimum absolute atomic E-state index is 0.146. The van der Waals surface area contributed by atoms with Crippen LogP contribution in [-0.2, 0) is 0 Å². The molecule has 5 nitrogen and oxygen atoms in total. The second-order valence-corrected chi connectivity index (χ2v) is 5.29. The molecule has 0 aliphatic rings. The van der Waals surface area contributed by atoms with Gasteiger partial charge in [-0.05, 0) is 45.0 Å². The molecule has 0 spiro atoms. The molecule has 0 aliphatic heterocycles. The van der Waals surface area contributed by atoms with E-state index in [1.54, 1.807) is 45.0 Å². The van der Waals surface area contributed by atoms with E-state index in [0.717, 1.165) is 0 Å². The molecule has 0 aromatic heterocycles. The molecule has 1 aromatic rings. The summed E-state index contributed by atoms with van der Waals surface area (Å²) in [5, 5.41) is 14.9. The van der Waals surface area contributed by atoms with Crippen molar-refractivity contribution < 1.29 is 14.6 Å². The van der Waals surface area contributed by atoms with E-state index in [-0.39, 0.29) is 6.61 Å². The van der Waals surface area contributed by atoms with Gasteiger partial charge in [0.2, 0.25) is 0 Å². The summed E-state index contributed by atoms with van der Waals surface area (Å²) in [4.78, 5) is 11.6. The van der Waals surface area contributed by atoms with E-state index in [9.17, 15) is 4.79 Å². The number of carbonyl (C=O) groups excluding carboxylic acids is 1. The normalized spacial score (nSPS) is 12.7. The number of nitrogens with one attached hydrogen (secondary N) is 2. The fraction of sp³-hybridized carbons (Fsp3) is 0.462. The lowest BCUT2D eigenvalue weighted by Crippen LogP contribution is -2.53. The van der Waals surface area contributed by atoms with E-state index in [2.05, 4.69) is 10.6 Å². The van der Waals surface area contributed by atoms with Crippen LogP contribution in [0.3, 0.4) is 0 Å². The number of halogens is 1. The molecule has 1 unspecified atom stereocenters. The van der Waals surface area contributed by atoms with Gasteiger partial charge in [0.05, 0.1) is 12.1 Å². The highest BCUT2D eigenvalue weighted by Gasteiger charge is 2.20. The average Bonchev–Trinajstić information content (AvgIpc) is 2.31. The van der Waals surface area contributed by atoms with E-state index in [0.29, 0.717) is 10.8 Å². The number of amides is 2. The predicted octanol–water partition coefficient (Wildman–Crippen LogP) is 2.13. The minimum atomic E-state index is -0.677. The van der Waals surface area contributed by atoms with Crippen molar-refractivity contribution >= 4 is 17.6 Å². The molecule has 0 radical (unpaired) electrons. The highest BCUT2D eigenvalue weighted by atomic mass is 35.5. The van der Waals surface area contributed by atoms with Crippen LogP contribution in [-0.4, -0.2) is 29.5 Å². The second kappa shape index (κ2) is 6.63. The van der Waals surface area contributed by atoms with Crippen LogP contribution >= 0.6 is 11.6 Å². The largest absolute Gasteiger partial charge is 0.471 e. The van der Waals surface area contributed by atoms with Crippen molar-refractivity contribution in [1.82, 2.24) is 10.6 Å². The summed E-state index contributed by atoms with van der Waals surface area (Å²) in [5.41, 5.74) is -0.677. The first-order valence-electron chi connectivity index (χ1n) is 5.94. The van der Waals surface area contributed by atoms with Crippen molar-refractivity contribution in [1.29, 1.82) is 0 Å². The zero-order valence-electron chi connectivity index (χ0n) is 11.2. The van der Waals surface area contributed by atoms with Crippen molar-refractivity contribution in [2.24, 2.45) is 0 Å². The van der Waals surface area contributed by atoms with Gasteiger partial charge < -0.3 is 20.5 Å². The summed E-state index contributed by atoms with van der Waals surface area (Å²) >= 11 is 5.76. The lowest BCUT2D eigenvalue weighted by atomic mass is 10.1. The molecular weight excluding hydrogens is 268 g/mol. The van der Waals surface area contributed by atoms with Gasteiger partial charge in [-0.2, -0.15) is 0 Å². The Bertz CT molecular complexity index is 420. The third kappa shape index (κ3) is 5.81. The highest BCUT2D eigenvalue weighted by Crippen LogP contribution is 2.16. The fourth-order valence-electron chi connectivity index (χ4n) is 1.31. The van der Waals surface area contributed by atoms with Gasteiger partial charge in [0.1, 0.15) is 5.75 Å². The number of aliphatic hydroxyl groups is 1. The Morgan fingerprint density at radius 3 is 2.53 bits per heavy atom. The first-order chi connectivity index (χ1) is 8.82. The number of aliphatic hydroxyl groups excluding tert-OH is 1. The Balaban J connectivity index is 2.44. The van der Waals surface area contributed by atoms with E-state index in [1.165, 1.54) is 0 Å². The van der Waals surface area contributed by atoms with Crippen molar-refractivity contribution in [3.8, 4) is 5.75 Å². The highest BCUT2D eigenvalue weighted by molar-refractivity contribution is 6.30. The summed E-state index contributed by atoms with van der Waals surface area (Å²) < 4.78 is 5.50. The second-order valence-electron chi connectivity index (χ2n) is 4.85. The number of urea groups is 1. The quantitative estimate of drug-likeness (QED) is 0.726. The SMILES string of the molecule is CC(NC(=O)NC(C)(C)CO)Oc1ccc(Cl)cc1. The molecular formula is C13H19ClN2O3. The van der Waals surface area contributed by atoms with Crippen molar-refractivity contribution in [3.05, 3.63) is 29.3 Å². The first kappa shape index (κ1) is 15.6. The van der Waals surface area contributed by atoms with Gasteiger partial charge in [0.15, 0.2) is 6.23 Å². The molecule has 6 heteroatoms. The summed E-state index contributed by atoms with van der Waals surface area (Å²) in [6.45, 7) is 5.00. The summed E-state index contributed by atoms with van der Waals surface area (Å²) in [6.07, 6.45) is -0.504. The molecule has 0 fully saturated rings. The van der Waals surface area contributed by atoms with Gasteiger partial charge >= 0.3 is 6.03 Å². The Morgan fingerprint density at radius 1 is 1.42 bits per heavy atom. The van der Waals surface area contributed by atoms with Crippen molar-refractivity contribution in [2.45, 2.75) is 32.5 Å². The number of hydrogen-bond donors (Lipinski definition) is 3. The van der Waals surface area contributed by atoms with Crippen LogP contribution in [0.15, 0.2) is 24.3 Å². The molecule has 1 atom stereocenters. The van der Waals surface area contributed by atoms with Crippen LogP contribution in [0.25, 0.3) is 0 Å². The lowest BCUT2D eigenvalue weighted by Gasteiger charge is -2.25. The van der Waals surface area contributed by atoms with Crippen molar-refractivity contribution in [2.75, 3.05) is 6.61 Å². The molecule has 106 valence electrons. The molecule has 0 saturated heterocycles. The third-order valence-corrected chi connectivity index (χ3v) is 2.56. The number of ether oxygens (including phenoxy) is 1. The van der Waals surface area contributed by atoms with Crippen LogP contribution in [0.4, 0.5) is 4.79 Å². The minimum Gasteiger partial charge on any atom is -0.471 e. The summed E-state index contributed by atoms with van der Waals surface area (Å²) in [6, 6.07) is 6.45. The van der Waals surface area contributed by atoms with Gasteiger partial charge in [0, 0.05) is 5.02 Å². The molecule has 0 bridgehead atoms. The zero-order valence-corrected chi connectivity index (χ0v) is 12.0. The van der Waals surface area contributed by atoms with Crippen LogP contribution in [0.1, 0.15) is 20.8 Å². The molecule has 2 amide bonds. The Morgan fingerprint density at radius 2 is 2.00 bits per heavy atom. The van der Waals surface area contributed by atoms with Gasteiger partial charge in [-0.25, -0.2) is 4.79 Å². The molecule has 3 N–H and O–H groups in total. The van der Waals surface area contributed by atoms with Crippen LogP contribution < -0.4 is 15.4 Å². The Labute approximate surface area is 117 Å². The van der Waals surface area contributed by atoms with Crippen molar-refractivity contribution in [3.63, 3.8) is 0 Å². The molecule has 1 aromatic carbocycles. The van der Waals surface area contributed by atoms with E-state index >= 15 is 0 Å². The number of benzene rings is 1. The van der Waals surface area contributed by atoms with E-state index < -0.39 is 17.8 Å². The molecule has 19 heavy (non-hydrogen) atoms. The van der Waals surface area contributed by atoms with Gasteiger partial charge in [-0.3, -0.25) is 0 Å². The molecule has 0 aliphatic carbocycles. The maximum absolute atomic E-state index is 11.6. The Hall–Kier alpha value is -1.46. The standard InChI is InChI=1S/C13H19ClN2O3/c1-9(15-12(18)16-13(2,3)8-17)19-11-6-4-10(14)5-7-11/h4-7,9,17H,8H2,1-3H3,(H2,15,16,18). The van der Waals surface area contributed by atoms with E-state index in [1.807, 2.05) is 0 Å². The fourth-order valence-corrected chi connectivity index (χ4v) is 1.44. The molecule has 0 heterocycles. The topological polar surface area (TPSA) is 70.6 Å².